The molecule has 0 aromatic carbocycles. The summed E-state index contributed by atoms with van der Waals surface area (Å²) in [5, 5.41) is 8.08. The van der Waals surface area contributed by atoms with E-state index in [2.05, 4.69) is 20.3 Å². The minimum absolute atomic E-state index is 0.180. The van der Waals surface area contributed by atoms with E-state index >= 15 is 0 Å². The molecule has 0 fully saturated rings. The van der Waals surface area contributed by atoms with Crippen LogP contribution in [-0.4, -0.2) is 20.9 Å². The van der Waals surface area contributed by atoms with Crippen LogP contribution in [0.1, 0.15) is 16.1 Å². The number of pyridine rings is 1. The van der Waals surface area contributed by atoms with E-state index in [0.29, 0.717) is 12.2 Å². The topological polar surface area (TPSA) is 67.8 Å². The Balaban J connectivity index is 1.66. The molecule has 20 heavy (non-hydrogen) atoms. The van der Waals surface area contributed by atoms with Gasteiger partial charge in [0.05, 0.1) is 0 Å². The Morgan fingerprint density at radius 1 is 1.15 bits per heavy atom. The Morgan fingerprint density at radius 2 is 2.00 bits per heavy atom. The lowest BCUT2D eigenvalue weighted by Crippen LogP contribution is -2.23. The smallest absolute Gasteiger partial charge is 0.271 e. The number of rotatable bonds is 4. The lowest BCUT2D eigenvalue weighted by molar-refractivity contribution is 0.0946. The number of nitrogens with zero attached hydrogens (tertiary/aromatic N) is 3. The monoisotopic (exact) mass is 302 g/mol. The second-order valence-electron chi connectivity index (χ2n) is 3.91. The van der Waals surface area contributed by atoms with Gasteiger partial charge in [0, 0.05) is 35.9 Å². The maximum atomic E-state index is 12.0. The predicted molar refractivity (Wildman–Crippen MR) is 78.6 cm³/mol. The van der Waals surface area contributed by atoms with Gasteiger partial charge in [-0.2, -0.15) is 0 Å². The van der Waals surface area contributed by atoms with E-state index in [1.54, 1.807) is 24.0 Å². The van der Waals surface area contributed by atoms with Gasteiger partial charge in [-0.25, -0.2) is 9.97 Å². The SMILES string of the molecule is O=C(NCc1ccncc1)c1csc(-c2nccs2)n1. The van der Waals surface area contributed by atoms with Crippen LogP contribution < -0.4 is 5.32 Å². The zero-order chi connectivity index (χ0) is 13.8. The standard InChI is InChI=1S/C13H10N4OS2/c18-11(16-7-9-1-3-14-4-2-9)10-8-20-13(17-10)12-15-5-6-19-12/h1-6,8H,7H2,(H,16,18). The van der Waals surface area contributed by atoms with Crippen LogP contribution in [0, 0.1) is 0 Å². The van der Waals surface area contributed by atoms with Crippen LogP contribution in [0.5, 0.6) is 0 Å². The summed E-state index contributed by atoms with van der Waals surface area (Å²) in [7, 11) is 0. The van der Waals surface area contributed by atoms with Crippen molar-refractivity contribution in [2.45, 2.75) is 6.54 Å². The molecule has 0 aliphatic heterocycles. The summed E-state index contributed by atoms with van der Waals surface area (Å²) in [6.07, 6.45) is 5.13. The maximum absolute atomic E-state index is 12.0. The molecule has 100 valence electrons. The fourth-order valence-corrected chi connectivity index (χ4v) is 3.07. The second-order valence-corrected chi connectivity index (χ2v) is 5.67. The van der Waals surface area contributed by atoms with Crippen LogP contribution in [0.2, 0.25) is 0 Å². The van der Waals surface area contributed by atoms with Crippen LogP contribution >= 0.6 is 22.7 Å². The molecule has 5 nitrogen and oxygen atoms in total. The van der Waals surface area contributed by atoms with Gasteiger partial charge in [0.2, 0.25) is 0 Å². The number of carbonyl (C=O) groups excluding carboxylic acids is 1. The van der Waals surface area contributed by atoms with Crippen LogP contribution in [0.25, 0.3) is 10.0 Å². The summed E-state index contributed by atoms with van der Waals surface area (Å²) in [6, 6.07) is 3.73. The summed E-state index contributed by atoms with van der Waals surface area (Å²) in [6.45, 7) is 0.464. The molecule has 0 aliphatic rings. The number of aromatic nitrogens is 3. The maximum Gasteiger partial charge on any atom is 0.271 e. The molecule has 0 bridgehead atoms. The average Bonchev–Trinajstić information content (AvgIpc) is 3.16. The van der Waals surface area contributed by atoms with Gasteiger partial charge >= 0.3 is 0 Å². The molecule has 3 heterocycles. The number of nitrogens with one attached hydrogen (secondary N) is 1. The van der Waals surface area contributed by atoms with Gasteiger partial charge in [-0.3, -0.25) is 9.78 Å². The number of amides is 1. The molecule has 3 rings (SSSR count). The first-order valence-corrected chi connectivity index (χ1v) is 7.61. The summed E-state index contributed by atoms with van der Waals surface area (Å²) in [5.41, 5.74) is 1.43. The Bertz CT molecular complexity index is 694. The van der Waals surface area contributed by atoms with Crippen molar-refractivity contribution in [1.82, 2.24) is 20.3 Å². The minimum atomic E-state index is -0.180. The highest BCUT2D eigenvalue weighted by Crippen LogP contribution is 2.25. The van der Waals surface area contributed by atoms with Crippen molar-refractivity contribution in [3.8, 4) is 10.0 Å². The Hall–Kier alpha value is -2.12. The predicted octanol–water partition coefficient (Wildman–Crippen LogP) is 2.59. The number of hydrogen-bond donors (Lipinski definition) is 1. The van der Waals surface area contributed by atoms with E-state index in [4.69, 9.17) is 0 Å². The third-order valence-electron chi connectivity index (χ3n) is 2.55. The van der Waals surface area contributed by atoms with E-state index in [1.165, 1.54) is 22.7 Å². The third kappa shape index (κ3) is 2.89. The van der Waals surface area contributed by atoms with Gasteiger partial charge in [0.1, 0.15) is 5.69 Å². The molecule has 1 N–H and O–H groups in total. The summed E-state index contributed by atoms with van der Waals surface area (Å²) >= 11 is 2.93. The first-order valence-electron chi connectivity index (χ1n) is 5.85. The van der Waals surface area contributed by atoms with E-state index in [1.807, 2.05) is 17.5 Å². The van der Waals surface area contributed by atoms with Crippen LogP contribution in [-0.2, 0) is 6.54 Å². The molecular weight excluding hydrogens is 292 g/mol. The van der Waals surface area contributed by atoms with E-state index in [9.17, 15) is 4.79 Å². The molecule has 0 saturated carbocycles. The molecule has 1 amide bonds. The normalized spacial score (nSPS) is 10.4. The second kappa shape index (κ2) is 5.89. The highest BCUT2D eigenvalue weighted by atomic mass is 32.1. The third-order valence-corrected chi connectivity index (χ3v) is 4.31. The fraction of sp³-hybridized carbons (Fsp3) is 0.0769. The lowest BCUT2D eigenvalue weighted by Gasteiger charge is -2.02. The molecule has 0 aliphatic carbocycles. The highest BCUT2D eigenvalue weighted by Gasteiger charge is 2.12. The van der Waals surface area contributed by atoms with E-state index in [0.717, 1.165) is 15.6 Å². The summed E-state index contributed by atoms with van der Waals surface area (Å²) in [4.78, 5) is 24.4. The average molecular weight is 302 g/mol. The molecule has 0 spiro atoms. The van der Waals surface area contributed by atoms with Crippen molar-refractivity contribution in [3.63, 3.8) is 0 Å². The van der Waals surface area contributed by atoms with Gasteiger partial charge in [-0.1, -0.05) is 0 Å². The molecule has 3 aromatic heterocycles. The molecule has 7 heteroatoms. The van der Waals surface area contributed by atoms with Gasteiger partial charge in [0.15, 0.2) is 10.0 Å². The largest absolute Gasteiger partial charge is 0.347 e. The van der Waals surface area contributed by atoms with Crippen molar-refractivity contribution in [2.75, 3.05) is 0 Å². The van der Waals surface area contributed by atoms with Crippen molar-refractivity contribution in [2.24, 2.45) is 0 Å². The fourth-order valence-electron chi connectivity index (χ4n) is 1.58. The Kier molecular flexibility index (Phi) is 3.80. The van der Waals surface area contributed by atoms with Crippen LogP contribution in [0.3, 0.4) is 0 Å². The van der Waals surface area contributed by atoms with Crippen LogP contribution in [0.15, 0.2) is 41.5 Å². The van der Waals surface area contributed by atoms with Crippen molar-refractivity contribution in [3.05, 3.63) is 52.7 Å². The van der Waals surface area contributed by atoms with Gasteiger partial charge in [-0.05, 0) is 17.7 Å². The molecule has 0 saturated heterocycles. The quantitative estimate of drug-likeness (QED) is 0.804. The zero-order valence-corrected chi connectivity index (χ0v) is 11.9. The van der Waals surface area contributed by atoms with Crippen LogP contribution in [0.4, 0.5) is 0 Å². The zero-order valence-electron chi connectivity index (χ0n) is 10.3. The van der Waals surface area contributed by atoms with Gasteiger partial charge in [0.25, 0.3) is 5.91 Å². The van der Waals surface area contributed by atoms with Gasteiger partial charge < -0.3 is 5.32 Å². The molecule has 3 aromatic rings. The minimum Gasteiger partial charge on any atom is -0.347 e. The summed E-state index contributed by atoms with van der Waals surface area (Å²) < 4.78 is 0. The van der Waals surface area contributed by atoms with Crippen molar-refractivity contribution in [1.29, 1.82) is 0 Å². The van der Waals surface area contributed by atoms with Gasteiger partial charge in [-0.15, -0.1) is 22.7 Å². The van der Waals surface area contributed by atoms with Crippen molar-refractivity contribution >= 4 is 28.6 Å². The molecule has 0 radical (unpaired) electrons. The number of carbonyl (C=O) groups is 1. The molecule has 0 atom stereocenters. The first kappa shape index (κ1) is 12.9. The first-order chi connectivity index (χ1) is 9.83. The molecular formula is C13H10N4OS2. The Morgan fingerprint density at radius 3 is 2.75 bits per heavy atom. The number of hydrogen-bond acceptors (Lipinski definition) is 6. The van der Waals surface area contributed by atoms with E-state index < -0.39 is 0 Å². The van der Waals surface area contributed by atoms with E-state index in [-0.39, 0.29) is 5.91 Å². The van der Waals surface area contributed by atoms with Crippen molar-refractivity contribution < 1.29 is 4.79 Å². The highest BCUT2D eigenvalue weighted by molar-refractivity contribution is 7.19. The number of thiazole rings is 2. The Labute approximate surface area is 123 Å². The summed E-state index contributed by atoms with van der Waals surface area (Å²) in [5.74, 6) is -0.180. The molecule has 0 unspecified atom stereocenters. The lowest BCUT2D eigenvalue weighted by atomic mass is 10.2.